The van der Waals surface area contributed by atoms with Gasteiger partial charge in [0.05, 0.1) is 4.88 Å². The SMILES string of the molecule is CN1CC[C@H]2CC[C@@H](C(=O)NC(COC(N)=O)C(=O)NC(Cc3ccc(F)c(F)c3)C(=O)N3CCC(CCC#Cc4cccc5c4CN(C4CCC(=O)NC4=O)C5=O)CC3)N2C(=O)[C@@H](NC(=O)c2cc3cc(C(F)(F)P(=O)(O)O)ccc3s2)C1. The third-order valence-corrected chi connectivity index (χ3v) is 18.0. The highest BCUT2D eigenvalue weighted by molar-refractivity contribution is 7.52. The summed E-state index contributed by atoms with van der Waals surface area (Å²) in [5.41, 5.74) is 1.74. The van der Waals surface area contributed by atoms with Gasteiger partial charge in [0.2, 0.25) is 35.4 Å². The first-order chi connectivity index (χ1) is 39.9. The molecular formula is C56H60F4N9O13PS. The number of hydrogen-bond donors (Lipinski definition) is 7. The van der Waals surface area contributed by atoms with Crippen molar-refractivity contribution in [2.45, 2.75) is 113 Å². The standard InChI is InChI=1S/C56H60F4N9O13PS/c1-66-20-19-35-11-13-44(69(35)54(77)41(28-66)63-51(74)46-26-33-25-34(10-15-45(33)84-46)56(59,60)83(79,80)81)50(73)64-42(29-82-55(61)78)48(71)62-40(24-31-9-12-38(57)39(58)23-31)53(76)67-21-17-30(18-22-67)5-2-3-6-32-7-4-8-36-37(32)27-68(52(36)75)43-14-16-47(70)65-49(43)72/h4,7-10,12,15,23,25-26,30,35,40-44H,2,5,11,13-14,16-22,24,27-29H2,1H3,(H2,61,78)(H,62,71)(H,63,74)(H,64,73)(H,65,70,72)(H2,79,80,81)/t35-,40?,41+,42?,43?,44+/m1/s1. The highest BCUT2D eigenvalue weighted by atomic mass is 32.1. The van der Waals surface area contributed by atoms with Gasteiger partial charge in [-0.2, -0.15) is 8.78 Å². The van der Waals surface area contributed by atoms with Crippen molar-refractivity contribution in [1.82, 2.24) is 40.9 Å². The minimum Gasteiger partial charge on any atom is -0.447 e. The average molecular weight is 1210 g/mol. The van der Waals surface area contributed by atoms with E-state index in [1.165, 1.54) is 32.9 Å². The van der Waals surface area contributed by atoms with Crippen molar-refractivity contribution in [3.63, 3.8) is 0 Å². The Morgan fingerprint density at radius 1 is 0.917 bits per heavy atom. The van der Waals surface area contributed by atoms with Gasteiger partial charge < -0.3 is 55.8 Å². The number of thiophene rings is 1. The fourth-order valence-corrected chi connectivity index (χ4v) is 12.8. The van der Waals surface area contributed by atoms with Crippen LogP contribution in [0.5, 0.6) is 0 Å². The van der Waals surface area contributed by atoms with Crippen LogP contribution < -0.4 is 27.0 Å². The number of nitrogens with zero attached hydrogens (tertiary/aromatic N) is 4. The maximum Gasteiger partial charge on any atom is 0.404 e. The van der Waals surface area contributed by atoms with Crippen LogP contribution in [0.4, 0.5) is 22.4 Å². The van der Waals surface area contributed by atoms with Crippen LogP contribution in [-0.4, -0.2) is 159 Å². The molecule has 9 rings (SSSR count). The quantitative estimate of drug-likeness (QED) is 0.0367. The molecule has 0 saturated carbocycles. The van der Waals surface area contributed by atoms with Crippen LogP contribution in [0.2, 0.25) is 0 Å². The van der Waals surface area contributed by atoms with Gasteiger partial charge in [0, 0.05) is 72.9 Å². The number of carbonyl (C=O) groups excluding carboxylic acids is 9. The Labute approximate surface area is 482 Å². The lowest BCUT2D eigenvalue weighted by molar-refractivity contribution is -0.144. The number of hydrogen-bond acceptors (Lipinski definition) is 13. The maximum atomic E-state index is 14.6. The molecule has 1 aromatic heterocycles. The summed E-state index contributed by atoms with van der Waals surface area (Å²) in [7, 11) is -4.17. The molecule has 28 heteroatoms. The zero-order valence-corrected chi connectivity index (χ0v) is 47.0. The minimum atomic E-state index is -5.90. The molecule has 8 N–H and O–H groups in total. The first-order valence-electron chi connectivity index (χ1n) is 27.2. The number of primary amides is 1. The number of halogens is 4. The van der Waals surface area contributed by atoms with Crippen molar-refractivity contribution < 1.29 is 79.8 Å². The lowest BCUT2D eigenvalue weighted by Gasteiger charge is -2.38. The lowest BCUT2D eigenvalue weighted by atomic mass is 9.91. The largest absolute Gasteiger partial charge is 0.447 e. The summed E-state index contributed by atoms with van der Waals surface area (Å²) < 4.78 is 74.7. The summed E-state index contributed by atoms with van der Waals surface area (Å²) in [5, 5.41) is 10.2. The van der Waals surface area contributed by atoms with Crippen molar-refractivity contribution in [2.24, 2.45) is 11.7 Å². The van der Waals surface area contributed by atoms with E-state index in [0.717, 1.165) is 35.6 Å². The van der Waals surface area contributed by atoms with E-state index in [1.807, 2.05) is 0 Å². The summed E-state index contributed by atoms with van der Waals surface area (Å²) >= 11 is 0.880. The third-order valence-electron chi connectivity index (χ3n) is 15.9. The second-order valence-electron chi connectivity index (χ2n) is 21.6. The first kappa shape index (κ1) is 60.8. The molecule has 0 aliphatic carbocycles. The number of rotatable bonds is 16. The molecule has 0 spiro atoms. The van der Waals surface area contributed by atoms with E-state index in [1.54, 1.807) is 30.1 Å². The summed E-state index contributed by atoms with van der Waals surface area (Å²) in [6.07, 6.45) is 1.75. The van der Waals surface area contributed by atoms with E-state index in [0.29, 0.717) is 66.5 Å². The number of fused-ring (bicyclic) bond motifs is 3. The van der Waals surface area contributed by atoms with E-state index in [2.05, 4.69) is 33.1 Å². The number of amides is 9. The summed E-state index contributed by atoms with van der Waals surface area (Å²) in [6, 6.07) is 5.37. The minimum absolute atomic E-state index is 0.0175. The smallest absolute Gasteiger partial charge is 0.404 e. The highest BCUT2D eigenvalue weighted by Gasteiger charge is 2.51. The van der Waals surface area contributed by atoms with Gasteiger partial charge in [-0.1, -0.05) is 30.0 Å². The molecule has 446 valence electrons. The molecule has 6 heterocycles. The molecule has 4 fully saturated rings. The Morgan fingerprint density at radius 3 is 2.39 bits per heavy atom. The zero-order valence-electron chi connectivity index (χ0n) is 45.2. The maximum absolute atomic E-state index is 14.6. The van der Waals surface area contributed by atoms with Gasteiger partial charge in [-0.15, -0.1) is 11.3 Å². The molecule has 3 aromatic carbocycles. The number of likely N-dealkylation sites (tertiary alicyclic amines) is 1. The number of nitrogens with two attached hydrogens (primary N) is 1. The number of benzene rings is 3. The second kappa shape index (κ2) is 25.2. The average Bonchev–Trinajstić information content (AvgIpc) is 3.56. The van der Waals surface area contributed by atoms with Crippen molar-refractivity contribution >= 4 is 82.4 Å². The predicted molar refractivity (Wildman–Crippen MR) is 292 cm³/mol. The molecule has 9 amide bonds. The van der Waals surface area contributed by atoms with Crippen LogP contribution in [0, 0.1) is 29.4 Å². The summed E-state index contributed by atoms with van der Waals surface area (Å²) in [6.45, 7) is 0.223. The first-order valence-corrected chi connectivity index (χ1v) is 29.6. The predicted octanol–water partition coefficient (Wildman–Crippen LogP) is 3.34. The third kappa shape index (κ3) is 13.4. The molecule has 5 aliphatic rings. The number of nitrogens with one attached hydrogen (secondary N) is 4. The number of imide groups is 1. The molecular weight excluding hydrogens is 1150 g/mol. The zero-order chi connectivity index (χ0) is 60.4. The van der Waals surface area contributed by atoms with E-state index in [-0.39, 0.29) is 85.4 Å². The summed E-state index contributed by atoms with van der Waals surface area (Å²) in [5.74, 6) is -0.996. The number of ether oxygens (including phenoxy) is 1. The molecule has 22 nitrogen and oxygen atoms in total. The normalized spacial score (nSPS) is 21.3. The number of carbonyl (C=O) groups is 9. The van der Waals surface area contributed by atoms with Crippen LogP contribution >= 0.6 is 18.9 Å². The molecule has 3 unspecified atom stereocenters. The van der Waals surface area contributed by atoms with Crippen molar-refractivity contribution in [3.8, 4) is 11.8 Å². The number of alkyl halides is 2. The molecule has 4 aromatic rings. The Balaban J connectivity index is 0.849. The Kier molecular flexibility index (Phi) is 18.3. The Morgan fingerprint density at radius 2 is 1.68 bits per heavy atom. The molecule has 84 heavy (non-hydrogen) atoms. The van der Waals surface area contributed by atoms with Gasteiger partial charge in [0.15, 0.2) is 11.6 Å². The summed E-state index contributed by atoms with van der Waals surface area (Å²) in [4.78, 5) is 146. The molecule has 5 aliphatic heterocycles. The van der Waals surface area contributed by atoms with Crippen LogP contribution in [0.1, 0.15) is 100 Å². The van der Waals surface area contributed by atoms with E-state index in [4.69, 9.17) is 10.5 Å². The van der Waals surface area contributed by atoms with Crippen molar-refractivity contribution in [1.29, 1.82) is 0 Å². The van der Waals surface area contributed by atoms with Gasteiger partial charge in [0.25, 0.3) is 11.8 Å². The van der Waals surface area contributed by atoms with Gasteiger partial charge in [0.1, 0.15) is 36.8 Å². The highest BCUT2D eigenvalue weighted by Crippen LogP contribution is 2.59. The Bertz CT molecular complexity index is 3440. The van der Waals surface area contributed by atoms with Crippen LogP contribution in [0.15, 0.2) is 60.7 Å². The molecule has 0 bridgehead atoms. The number of likely N-dealkylation sites (N-methyl/N-ethyl adjacent to an activating group) is 1. The fraction of sp³-hybridized carbons (Fsp3) is 0.446. The van der Waals surface area contributed by atoms with Crippen molar-refractivity contribution in [2.75, 3.05) is 39.8 Å². The Hall–Kier alpha value is -7.76. The van der Waals surface area contributed by atoms with Gasteiger partial charge in [-0.25, -0.2) is 13.6 Å². The van der Waals surface area contributed by atoms with Gasteiger partial charge in [-0.05, 0) is 123 Å². The van der Waals surface area contributed by atoms with E-state index >= 15 is 0 Å². The molecule has 0 radical (unpaired) electrons. The topological polar surface area (TPSA) is 307 Å². The molecule has 4 saturated heterocycles. The monoisotopic (exact) mass is 1210 g/mol. The van der Waals surface area contributed by atoms with Crippen molar-refractivity contribution in [3.05, 3.63) is 105 Å². The second-order valence-corrected chi connectivity index (χ2v) is 24.3. The van der Waals surface area contributed by atoms with Gasteiger partial charge >= 0.3 is 19.4 Å². The van der Waals surface area contributed by atoms with Crippen LogP contribution in [-0.2, 0) is 56.7 Å². The fourth-order valence-electron chi connectivity index (χ4n) is 11.4. The van der Waals surface area contributed by atoms with E-state index in [9.17, 15) is 75.1 Å². The molecule has 6 atom stereocenters. The van der Waals surface area contributed by atoms with Gasteiger partial charge in [-0.3, -0.25) is 48.2 Å². The number of piperidine rings is 2. The van der Waals surface area contributed by atoms with E-state index < -0.39 is 115 Å². The van der Waals surface area contributed by atoms with Crippen LogP contribution in [0.25, 0.3) is 10.1 Å². The lowest BCUT2D eigenvalue weighted by Crippen LogP contribution is -2.62. The van der Waals surface area contributed by atoms with Crippen LogP contribution in [0.3, 0.4) is 0 Å².